The molecule has 1 saturated carbocycles. The van der Waals surface area contributed by atoms with E-state index in [1.807, 2.05) is 6.92 Å². The summed E-state index contributed by atoms with van der Waals surface area (Å²) < 4.78 is 28.5. The molecule has 0 aliphatic heterocycles. The van der Waals surface area contributed by atoms with Crippen LogP contribution in [0, 0.1) is 0 Å². The Balaban J connectivity index is 2.32. The quantitative estimate of drug-likeness (QED) is 0.857. The highest BCUT2D eigenvalue weighted by Crippen LogP contribution is 2.32. The monoisotopic (exact) mass is 286 g/mol. The number of hydrogen-bond acceptors (Lipinski definition) is 3. The standard InChI is InChI=1S/C12H18N2O4S/c1-3-14-8-9(7-10(14)11(15)16)19(17,18)13-12(2)5-4-6-12/h7-8,13H,3-6H2,1-2H3,(H,15,16). The highest BCUT2D eigenvalue weighted by Gasteiger charge is 2.36. The molecule has 1 aliphatic rings. The van der Waals surface area contributed by atoms with E-state index in [9.17, 15) is 13.2 Å². The van der Waals surface area contributed by atoms with Crippen molar-refractivity contribution in [1.82, 2.24) is 9.29 Å². The third-order valence-electron chi connectivity index (χ3n) is 3.58. The average Bonchev–Trinajstić information content (AvgIpc) is 2.71. The lowest BCUT2D eigenvalue weighted by atomic mass is 9.80. The molecule has 0 unspecified atom stereocenters. The lowest BCUT2D eigenvalue weighted by Crippen LogP contribution is -2.50. The van der Waals surface area contributed by atoms with Crippen LogP contribution < -0.4 is 4.72 Å². The predicted molar refractivity (Wildman–Crippen MR) is 69.6 cm³/mol. The molecule has 1 fully saturated rings. The Bertz CT molecular complexity index is 599. The summed E-state index contributed by atoms with van der Waals surface area (Å²) in [7, 11) is -3.66. The first-order chi connectivity index (χ1) is 8.77. The molecule has 0 saturated heterocycles. The molecule has 0 atom stereocenters. The normalized spacial score (nSPS) is 18.0. The van der Waals surface area contributed by atoms with Crippen LogP contribution >= 0.6 is 0 Å². The van der Waals surface area contributed by atoms with E-state index in [2.05, 4.69) is 4.72 Å². The van der Waals surface area contributed by atoms with Gasteiger partial charge in [0.05, 0.1) is 0 Å². The van der Waals surface area contributed by atoms with Gasteiger partial charge in [0.15, 0.2) is 0 Å². The van der Waals surface area contributed by atoms with Crippen molar-refractivity contribution in [2.75, 3.05) is 0 Å². The number of hydrogen-bond donors (Lipinski definition) is 2. The van der Waals surface area contributed by atoms with E-state index in [-0.39, 0.29) is 10.6 Å². The minimum absolute atomic E-state index is 0.0124. The van der Waals surface area contributed by atoms with E-state index in [0.29, 0.717) is 6.54 Å². The van der Waals surface area contributed by atoms with Crippen LogP contribution in [0.5, 0.6) is 0 Å². The summed E-state index contributed by atoms with van der Waals surface area (Å²) >= 11 is 0. The van der Waals surface area contributed by atoms with Crippen LogP contribution in [0.2, 0.25) is 0 Å². The maximum atomic E-state index is 12.2. The van der Waals surface area contributed by atoms with Crippen molar-refractivity contribution in [2.45, 2.75) is 50.1 Å². The van der Waals surface area contributed by atoms with Gasteiger partial charge in [0, 0.05) is 18.3 Å². The van der Waals surface area contributed by atoms with Crippen LogP contribution in [0.15, 0.2) is 17.2 Å². The summed E-state index contributed by atoms with van der Waals surface area (Å²) in [6.07, 6.45) is 4.00. The first kappa shape index (κ1) is 14.1. The number of aromatic carboxylic acids is 1. The number of carbonyl (C=O) groups is 1. The van der Waals surface area contributed by atoms with Crippen molar-refractivity contribution in [1.29, 1.82) is 0 Å². The van der Waals surface area contributed by atoms with Crippen molar-refractivity contribution in [3.8, 4) is 0 Å². The molecule has 7 heteroatoms. The topological polar surface area (TPSA) is 88.4 Å². The number of rotatable bonds is 5. The van der Waals surface area contributed by atoms with Gasteiger partial charge in [0.25, 0.3) is 0 Å². The number of carboxylic acids is 1. The molecule has 0 aromatic carbocycles. The van der Waals surface area contributed by atoms with Crippen LogP contribution in [0.3, 0.4) is 0 Å². The zero-order valence-corrected chi connectivity index (χ0v) is 11.8. The molecule has 0 amide bonds. The first-order valence-electron chi connectivity index (χ1n) is 6.25. The Labute approximate surface area is 112 Å². The SMILES string of the molecule is CCn1cc(S(=O)(=O)NC2(C)CCC2)cc1C(=O)O. The van der Waals surface area contributed by atoms with Gasteiger partial charge < -0.3 is 9.67 Å². The summed E-state index contributed by atoms with van der Waals surface area (Å²) in [5.74, 6) is -1.13. The highest BCUT2D eigenvalue weighted by molar-refractivity contribution is 7.89. The second-order valence-electron chi connectivity index (χ2n) is 5.17. The van der Waals surface area contributed by atoms with E-state index < -0.39 is 21.5 Å². The highest BCUT2D eigenvalue weighted by atomic mass is 32.2. The summed E-state index contributed by atoms with van der Waals surface area (Å²) in [4.78, 5) is 11.1. The Kier molecular flexibility index (Phi) is 3.44. The fourth-order valence-electron chi connectivity index (χ4n) is 2.26. The predicted octanol–water partition coefficient (Wildman–Crippen LogP) is 1.43. The third-order valence-corrected chi connectivity index (χ3v) is 5.18. The molecule has 1 aromatic heterocycles. The molecule has 6 nitrogen and oxygen atoms in total. The van der Waals surface area contributed by atoms with Crippen LogP contribution in [0.25, 0.3) is 0 Å². The van der Waals surface area contributed by atoms with Gasteiger partial charge >= 0.3 is 5.97 Å². The number of sulfonamides is 1. The second kappa shape index (κ2) is 4.64. The number of nitrogens with one attached hydrogen (secondary N) is 1. The van der Waals surface area contributed by atoms with E-state index in [1.165, 1.54) is 16.8 Å². The van der Waals surface area contributed by atoms with Crippen LogP contribution in [-0.4, -0.2) is 29.6 Å². The zero-order valence-electron chi connectivity index (χ0n) is 11.0. The average molecular weight is 286 g/mol. The van der Waals surface area contributed by atoms with Gasteiger partial charge in [-0.3, -0.25) is 0 Å². The molecule has 0 bridgehead atoms. The summed E-state index contributed by atoms with van der Waals surface area (Å²) in [6.45, 7) is 4.04. The number of carboxylic acid groups (broad SMARTS) is 1. The zero-order chi connectivity index (χ0) is 14.3. The molecule has 19 heavy (non-hydrogen) atoms. The third kappa shape index (κ3) is 2.66. The van der Waals surface area contributed by atoms with Gasteiger partial charge in [-0.05, 0) is 39.2 Å². The molecular weight excluding hydrogens is 268 g/mol. The lowest BCUT2D eigenvalue weighted by Gasteiger charge is -2.38. The fraction of sp³-hybridized carbons (Fsp3) is 0.583. The Morgan fingerprint density at radius 1 is 1.53 bits per heavy atom. The van der Waals surface area contributed by atoms with Gasteiger partial charge in [-0.25, -0.2) is 17.9 Å². The van der Waals surface area contributed by atoms with Gasteiger partial charge in [-0.15, -0.1) is 0 Å². The molecule has 0 spiro atoms. The first-order valence-corrected chi connectivity index (χ1v) is 7.73. The molecule has 0 radical (unpaired) electrons. The molecule has 1 aromatic rings. The van der Waals surface area contributed by atoms with Crippen molar-refractivity contribution >= 4 is 16.0 Å². The Morgan fingerprint density at radius 2 is 2.16 bits per heavy atom. The number of nitrogens with zero attached hydrogens (tertiary/aromatic N) is 1. The minimum atomic E-state index is -3.66. The van der Waals surface area contributed by atoms with Gasteiger partial charge in [-0.1, -0.05) is 0 Å². The maximum Gasteiger partial charge on any atom is 0.352 e. The van der Waals surface area contributed by atoms with Crippen LogP contribution in [-0.2, 0) is 16.6 Å². The molecule has 2 N–H and O–H groups in total. The van der Waals surface area contributed by atoms with Crippen molar-refractivity contribution in [3.63, 3.8) is 0 Å². The molecule has 1 heterocycles. The lowest BCUT2D eigenvalue weighted by molar-refractivity contribution is 0.0685. The van der Waals surface area contributed by atoms with E-state index in [4.69, 9.17) is 5.11 Å². The smallest absolute Gasteiger partial charge is 0.352 e. The Hall–Kier alpha value is -1.34. The molecular formula is C12H18N2O4S. The van der Waals surface area contributed by atoms with E-state index in [0.717, 1.165) is 19.3 Å². The summed E-state index contributed by atoms with van der Waals surface area (Å²) in [5.41, 5.74) is -0.405. The molecule has 1 aliphatic carbocycles. The van der Waals surface area contributed by atoms with Gasteiger partial charge in [-0.2, -0.15) is 0 Å². The largest absolute Gasteiger partial charge is 0.477 e. The van der Waals surface area contributed by atoms with Crippen LogP contribution in [0.1, 0.15) is 43.6 Å². The molecule has 2 rings (SSSR count). The minimum Gasteiger partial charge on any atom is -0.477 e. The number of aryl methyl sites for hydroxylation is 1. The molecule has 106 valence electrons. The van der Waals surface area contributed by atoms with Crippen molar-refractivity contribution in [3.05, 3.63) is 18.0 Å². The van der Waals surface area contributed by atoms with Gasteiger partial charge in [0.2, 0.25) is 10.0 Å². The van der Waals surface area contributed by atoms with Crippen LogP contribution in [0.4, 0.5) is 0 Å². The maximum absolute atomic E-state index is 12.2. The van der Waals surface area contributed by atoms with Crippen molar-refractivity contribution < 1.29 is 18.3 Å². The Morgan fingerprint density at radius 3 is 2.53 bits per heavy atom. The summed E-state index contributed by atoms with van der Waals surface area (Å²) in [6, 6.07) is 1.20. The van der Waals surface area contributed by atoms with Crippen molar-refractivity contribution in [2.24, 2.45) is 0 Å². The second-order valence-corrected chi connectivity index (χ2v) is 6.85. The summed E-state index contributed by atoms with van der Waals surface area (Å²) in [5, 5.41) is 9.03. The van der Waals surface area contributed by atoms with Gasteiger partial charge in [0.1, 0.15) is 10.6 Å². The fourth-order valence-corrected chi connectivity index (χ4v) is 3.77. The van der Waals surface area contributed by atoms with E-state index in [1.54, 1.807) is 6.92 Å². The number of aromatic nitrogens is 1. The van der Waals surface area contributed by atoms with E-state index >= 15 is 0 Å².